The molecule has 0 heterocycles. The average molecular weight is 260 g/mol. The van der Waals surface area contributed by atoms with Gasteiger partial charge in [0.25, 0.3) is 5.91 Å². The van der Waals surface area contributed by atoms with Crippen LogP contribution in [0.2, 0.25) is 0 Å². The highest BCUT2D eigenvalue weighted by atomic mass is 16.3. The fraction of sp³-hybridized carbons (Fsp3) is 0.467. The normalized spacial score (nSPS) is 10.3. The summed E-state index contributed by atoms with van der Waals surface area (Å²) in [6.45, 7) is 4.32. The molecular formula is C15H20N2O2. The number of carbonyl (C=O) groups is 1. The Hall–Kier alpha value is -1.86. The topological polar surface area (TPSA) is 64.3 Å². The van der Waals surface area contributed by atoms with Crippen LogP contribution < -0.4 is 0 Å². The molecule has 1 rings (SSSR count). The van der Waals surface area contributed by atoms with E-state index in [2.05, 4.69) is 0 Å². The molecule has 0 saturated carbocycles. The van der Waals surface area contributed by atoms with Crippen molar-refractivity contribution in [3.05, 3.63) is 35.4 Å². The standard InChI is InChI=1S/C15H20N2O2/c1-3-14(4-2)17(8-9-18)15(19)13-7-5-6-12(10-13)11-16/h5-7,10,14,18H,3-4,8-9H2,1-2H3. The van der Waals surface area contributed by atoms with Gasteiger partial charge in [-0.25, -0.2) is 0 Å². The Bertz CT molecular complexity index is 461. The van der Waals surface area contributed by atoms with E-state index in [4.69, 9.17) is 10.4 Å². The maximum atomic E-state index is 12.5. The van der Waals surface area contributed by atoms with E-state index in [1.165, 1.54) is 0 Å². The van der Waals surface area contributed by atoms with Crippen molar-refractivity contribution in [2.24, 2.45) is 0 Å². The van der Waals surface area contributed by atoms with Crippen molar-refractivity contribution in [3.63, 3.8) is 0 Å². The van der Waals surface area contributed by atoms with Crippen LogP contribution >= 0.6 is 0 Å². The molecule has 0 aliphatic carbocycles. The zero-order valence-electron chi connectivity index (χ0n) is 11.5. The van der Waals surface area contributed by atoms with Gasteiger partial charge >= 0.3 is 0 Å². The van der Waals surface area contributed by atoms with Crippen molar-refractivity contribution in [2.45, 2.75) is 32.7 Å². The lowest BCUT2D eigenvalue weighted by atomic mass is 10.1. The Morgan fingerprint density at radius 3 is 2.63 bits per heavy atom. The summed E-state index contributed by atoms with van der Waals surface area (Å²) >= 11 is 0. The van der Waals surface area contributed by atoms with E-state index >= 15 is 0 Å². The van der Waals surface area contributed by atoms with Gasteiger partial charge in [-0.15, -0.1) is 0 Å². The van der Waals surface area contributed by atoms with Crippen LogP contribution in [0.25, 0.3) is 0 Å². The van der Waals surface area contributed by atoms with E-state index in [0.29, 0.717) is 17.7 Å². The number of benzene rings is 1. The van der Waals surface area contributed by atoms with Crippen LogP contribution in [-0.4, -0.2) is 35.1 Å². The van der Waals surface area contributed by atoms with Crippen molar-refractivity contribution in [1.29, 1.82) is 5.26 Å². The molecule has 1 aromatic rings. The third-order valence-corrected chi connectivity index (χ3v) is 3.22. The largest absolute Gasteiger partial charge is 0.395 e. The van der Waals surface area contributed by atoms with E-state index in [-0.39, 0.29) is 18.6 Å². The Balaban J connectivity index is 3.01. The van der Waals surface area contributed by atoms with E-state index < -0.39 is 0 Å². The molecule has 0 saturated heterocycles. The number of aliphatic hydroxyl groups is 1. The predicted octanol–water partition coefficient (Wildman–Crippen LogP) is 2.18. The number of nitrogens with zero attached hydrogens (tertiary/aromatic N) is 2. The van der Waals surface area contributed by atoms with Gasteiger partial charge in [0.2, 0.25) is 0 Å². The van der Waals surface area contributed by atoms with Crippen molar-refractivity contribution < 1.29 is 9.90 Å². The lowest BCUT2D eigenvalue weighted by Crippen LogP contribution is -2.41. The zero-order valence-corrected chi connectivity index (χ0v) is 11.5. The lowest BCUT2D eigenvalue weighted by molar-refractivity contribution is 0.0622. The van der Waals surface area contributed by atoms with Gasteiger partial charge in [0, 0.05) is 18.2 Å². The first-order chi connectivity index (χ1) is 9.17. The molecule has 0 aliphatic heterocycles. The first kappa shape index (κ1) is 15.2. The second-order valence-electron chi connectivity index (χ2n) is 4.39. The molecule has 0 bridgehead atoms. The van der Waals surface area contributed by atoms with Crippen molar-refractivity contribution in [3.8, 4) is 6.07 Å². The van der Waals surface area contributed by atoms with E-state index in [9.17, 15) is 4.79 Å². The van der Waals surface area contributed by atoms with Gasteiger partial charge in [-0.1, -0.05) is 19.9 Å². The second kappa shape index (κ2) is 7.55. The number of aliphatic hydroxyl groups excluding tert-OH is 1. The monoisotopic (exact) mass is 260 g/mol. The molecule has 1 aromatic carbocycles. The molecule has 4 heteroatoms. The SMILES string of the molecule is CCC(CC)N(CCO)C(=O)c1cccc(C#N)c1. The van der Waals surface area contributed by atoms with Crippen LogP contribution in [-0.2, 0) is 0 Å². The van der Waals surface area contributed by atoms with Crippen LogP contribution in [0.5, 0.6) is 0 Å². The molecule has 1 N–H and O–H groups in total. The van der Waals surface area contributed by atoms with E-state index in [1.807, 2.05) is 19.9 Å². The minimum absolute atomic E-state index is 0.0554. The van der Waals surface area contributed by atoms with Gasteiger partial charge in [-0.2, -0.15) is 5.26 Å². The number of rotatable bonds is 6. The Labute approximate surface area is 114 Å². The second-order valence-corrected chi connectivity index (χ2v) is 4.39. The maximum Gasteiger partial charge on any atom is 0.254 e. The highest BCUT2D eigenvalue weighted by Gasteiger charge is 2.21. The van der Waals surface area contributed by atoms with Crippen LogP contribution in [0.3, 0.4) is 0 Å². The summed E-state index contributed by atoms with van der Waals surface area (Å²) in [7, 11) is 0. The lowest BCUT2D eigenvalue weighted by Gasteiger charge is -2.30. The molecule has 1 amide bonds. The minimum atomic E-state index is -0.125. The first-order valence-electron chi connectivity index (χ1n) is 6.59. The molecule has 19 heavy (non-hydrogen) atoms. The van der Waals surface area contributed by atoms with Gasteiger partial charge in [0.1, 0.15) is 0 Å². The Kier molecular flexibility index (Phi) is 6.04. The number of hydrogen-bond acceptors (Lipinski definition) is 3. The molecular weight excluding hydrogens is 240 g/mol. The van der Waals surface area contributed by atoms with Gasteiger partial charge in [-0.05, 0) is 31.0 Å². The average Bonchev–Trinajstić information content (AvgIpc) is 2.47. The van der Waals surface area contributed by atoms with Gasteiger partial charge in [0.05, 0.1) is 18.2 Å². The molecule has 0 aromatic heterocycles. The molecule has 4 nitrogen and oxygen atoms in total. The quantitative estimate of drug-likeness (QED) is 0.852. The zero-order chi connectivity index (χ0) is 14.3. The predicted molar refractivity (Wildman–Crippen MR) is 73.6 cm³/mol. The highest BCUT2D eigenvalue weighted by Crippen LogP contribution is 2.14. The van der Waals surface area contributed by atoms with E-state index in [0.717, 1.165) is 12.8 Å². The summed E-state index contributed by atoms with van der Waals surface area (Å²) in [5.74, 6) is -0.125. The third-order valence-electron chi connectivity index (χ3n) is 3.22. The summed E-state index contributed by atoms with van der Waals surface area (Å²) in [5.41, 5.74) is 0.971. The minimum Gasteiger partial charge on any atom is -0.395 e. The third kappa shape index (κ3) is 3.80. The number of hydrogen-bond donors (Lipinski definition) is 1. The fourth-order valence-electron chi connectivity index (χ4n) is 2.17. The first-order valence-corrected chi connectivity index (χ1v) is 6.59. The van der Waals surface area contributed by atoms with Crippen molar-refractivity contribution >= 4 is 5.91 Å². The maximum absolute atomic E-state index is 12.5. The summed E-state index contributed by atoms with van der Waals surface area (Å²) < 4.78 is 0. The molecule has 0 aliphatic rings. The molecule has 0 fully saturated rings. The summed E-state index contributed by atoms with van der Waals surface area (Å²) in [4.78, 5) is 14.2. The molecule has 0 atom stereocenters. The summed E-state index contributed by atoms with van der Waals surface area (Å²) in [6, 6.07) is 8.82. The fourth-order valence-corrected chi connectivity index (χ4v) is 2.17. The molecule has 102 valence electrons. The summed E-state index contributed by atoms with van der Waals surface area (Å²) in [6.07, 6.45) is 1.69. The molecule has 0 unspecified atom stereocenters. The Morgan fingerprint density at radius 2 is 2.11 bits per heavy atom. The van der Waals surface area contributed by atoms with Crippen LogP contribution in [0.4, 0.5) is 0 Å². The molecule has 0 radical (unpaired) electrons. The van der Waals surface area contributed by atoms with Gasteiger partial charge in [0.15, 0.2) is 0 Å². The van der Waals surface area contributed by atoms with Crippen LogP contribution in [0, 0.1) is 11.3 Å². The van der Waals surface area contributed by atoms with Crippen LogP contribution in [0.1, 0.15) is 42.6 Å². The number of nitriles is 1. The van der Waals surface area contributed by atoms with Gasteiger partial charge < -0.3 is 10.0 Å². The number of carbonyl (C=O) groups excluding carboxylic acids is 1. The van der Waals surface area contributed by atoms with Crippen LogP contribution in [0.15, 0.2) is 24.3 Å². The highest BCUT2D eigenvalue weighted by molar-refractivity contribution is 5.94. The summed E-state index contributed by atoms with van der Waals surface area (Å²) in [5, 5.41) is 18.0. The van der Waals surface area contributed by atoms with E-state index in [1.54, 1.807) is 29.2 Å². The smallest absolute Gasteiger partial charge is 0.254 e. The van der Waals surface area contributed by atoms with Crippen molar-refractivity contribution in [2.75, 3.05) is 13.2 Å². The van der Waals surface area contributed by atoms with Crippen molar-refractivity contribution in [1.82, 2.24) is 4.90 Å². The molecule has 0 spiro atoms. The number of amides is 1. The van der Waals surface area contributed by atoms with Gasteiger partial charge in [-0.3, -0.25) is 4.79 Å². The Morgan fingerprint density at radius 1 is 1.42 bits per heavy atom.